The van der Waals surface area contributed by atoms with Crippen LogP contribution in [0.1, 0.15) is 6.92 Å². The predicted molar refractivity (Wildman–Crippen MR) is 92.4 cm³/mol. The molecule has 1 heterocycles. The molecule has 0 N–H and O–H groups in total. The summed E-state index contributed by atoms with van der Waals surface area (Å²) in [5.74, 6) is -0.135. The van der Waals surface area contributed by atoms with E-state index in [1.807, 2.05) is 12.5 Å². The van der Waals surface area contributed by atoms with E-state index in [9.17, 15) is 4.79 Å². The van der Waals surface area contributed by atoms with E-state index in [2.05, 4.69) is 9.97 Å². The highest BCUT2D eigenvalue weighted by atomic mass is 35.5. The first-order valence-electron chi connectivity index (χ1n) is 6.10. The van der Waals surface area contributed by atoms with E-state index in [0.717, 1.165) is 0 Å². The molecular weight excluding hydrogens is 363 g/mol. The van der Waals surface area contributed by atoms with Crippen molar-refractivity contribution in [2.75, 3.05) is 12.5 Å². The lowest BCUT2D eigenvalue weighted by Crippen LogP contribution is -2.07. The summed E-state index contributed by atoms with van der Waals surface area (Å²) < 4.78 is 5.32. The Morgan fingerprint density at radius 3 is 2.45 bits per heavy atom. The van der Waals surface area contributed by atoms with Gasteiger partial charge in [0, 0.05) is 17.5 Å². The Balaban J connectivity index is 2.72. The van der Waals surface area contributed by atoms with Crippen molar-refractivity contribution >= 4 is 52.7 Å². The SMILES string of the molecule is CSc1nc(SC)c(OC(C)=O)c(-c2ccc(Cl)cc2Cl)n1. The highest BCUT2D eigenvalue weighted by Crippen LogP contribution is 2.40. The van der Waals surface area contributed by atoms with Gasteiger partial charge in [0.25, 0.3) is 0 Å². The first-order valence-corrected chi connectivity index (χ1v) is 9.30. The molecule has 0 aliphatic rings. The molecule has 1 aromatic carbocycles. The van der Waals surface area contributed by atoms with E-state index >= 15 is 0 Å². The summed E-state index contributed by atoms with van der Waals surface area (Å²) in [6.45, 7) is 1.33. The third-order valence-electron chi connectivity index (χ3n) is 2.62. The standard InChI is InChI=1S/C14H12Cl2N2O2S2/c1-7(19)20-12-11(9-5-4-8(15)6-10(9)16)17-14(22-3)18-13(12)21-2/h4-6H,1-3H3. The summed E-state index contributed by atoms with van der Waals surface area (Å²) in [7, 11) is 0. The molecule has 0 radical (unpaired) electrons. The molecule has 0 saturated carbocycles. The fourth-order valence-corrected chi connectivity index (χ4v) is 3.16. The Morgan fingerprint density at radius 2 is 1.91 bits per heavy atom. The average Bonchev–Trinajstić information content (AvgIpc) is 2.47. The van der Waals surface area contributed by atoms with E-state index in [-0.39, 0.29) is 0 Å². The predicted octanol–water partition coefficient (Wildman–Crippen LogP) is 4.82. The number of aromatic nitrogens is 2. The van der Waals surface area contributed by atoms with Crippen LogP contribution in [-0.4, -0.2) is 28.4 Å². The molecule has 1 aromatic heterocycles. The number of nitrogens with zero attached hydrogens (tertiary/aromatic N) is 2. The van der Waals surface area contributed by atoms with E-state index in [1.54, 1.807) is 18.2 Å². The third kappa shape index (κ3) is 3.87. The molecule has 2 rings (SSSR count). The van der Waals surface area contributed by atoms with Crippen LogP contribution in [0.3, 0.4) is 0 Å². The minimum absolute atomic E-state index is 0.307. The van der Waals surface area contributed by atoms with Crippen molar-refractivity contribution in [3.8, 4) is 17.0 Å². The number of hydrogen-bond donors (Lipinski definition) is 0. The molecule has 8 heteroatoms. The summed E-state index contributed by atoms with van der Waals surface area (Å²) in [6, 6.07) is 5.07. The van der Waals surface area contributed by atoms with Crippen LogP contribution < -0.4 is 4.74 Å². The maximum Gasteiger partial charge on any atom is 0.308 e. The van der Waals surface area contributed by atoms with Gasteiger partial charge in [-0.05, 0) is 30.7 Å². The number of ether oxygens (including phenoxy) is 1. The molecule has 0 saturated heterocycles. The van der Waals surface area contributed by atoms with Gasteiger partial charge in [0.05, 0.1) is 5.02 Å². The molecule has 4 nitrogen and oxygen atoms in total. The van der Waals surface area contributed by atoms with Crippen molar-refractivity contribution in [3.63, 3.8) is 0 Å². The molecule has 0 amide bonds. The van der Waals surface area contributed by atoms with Crippen LogP contribution in [0.15, 0.2) is 28.4 Å². The fraction of sp³-hybridized carbons (Fsp3) is 0.214. The summed E-state index contributed by atoms with van der Waals surface area (Å²) in [5, 5.41) is 2.10. The van der Waals surface area contributed by atoms with Crippen molar-refractivity contribution in [2.24, 2.45) is 0 Å². The lowest BCUT2D eigenvalue weighted by Gasteiger charge is -2.13. The van der Waals surface area contributed by atoms with Crippen molar-refractivity contribution in [1.82, 2.24) is 9.97 Å². The molecule has 0 unspecified atom stereocenters. The van der Waals surface area contributed by atoms with Gasteiger partial charge in [0.15, 0.2) is 10.9 Å². The normalized spacial score (nSPS) is 10.6. The van der Waals surface area contributed by atoms with Gasteiger partial charge in [-0.1, -0.05) is 35.0 Å². The van der Waals surface area contributed by atoms with Gasteiger partial charge in [-0.15, -0.1) is 11.8 Å². The van der Waals surface area contributed by atoms with Crippen molar-refractivity contribution in [1.29, 1.82) is 0 Å². The van der Waals surface area contributed by atoms with Crippen molar-refractivity contribution in [3.05, 3.63) is 28.2 Å². The van der Waals surface area contributed by atoms with Gasteiger partial charge >= 0.3 is 5.97 Å². The van der Waals surface area contributed by atoms with Crippen LogP contribution in [0, 0.1) is 0 Å². The number of carbonyl (C=O) groups excluding carboxylic acids is 1. The highest BCUT2D eigenvalue weighted by Gasteiger charge is 2.20. The molecule has 22 heavy (non-hydrogen) atoms. The van der Waals surface area contributed by atoms with E-state index in [1.165, 1.54) is 30.4 Å². The molecule has 0 spiro atoms. The van der Waals surface area contributed by atoms with Gasteiger partial charge in [0.2, 0.25) is 0 Å². The number of hydrogen-bond acceptors (Lipinski definition) is 6. The van der Waals surface area contributed by atoms with Crippen molar-refractivity contribution < 1.29 is 9.53 Å². The second-order valence-electron chi connectivity index (χ2n) is 4.12. The summed E-state index contributed by atoms with van der Waals surface area (Å²) in [5.41, 5.74) is 1.11. The first kappa shape index (κ1) is 17.4. The minimum Gasteiger partial charge on any atom is -0.421 e. The number of benzene rings is 1. The van der Waals surface area contributed by atoms with Gasteiger partial charge in [-0.25, -0.2) is 9.97 Å². The first-order chi connectivity index (χ1) is 10.5. The molecule has 0 bridgehead atoms. The number of thioether (sulfide) groups is 2. The summed E-state index contributed by atoms with van der Waals surface area (Å²) in [4.78, 5) is 20.2. The quantitative estimate of drug-likeness (QED) is 0.331. The third-order valence-corrected chi connectivity index (χ3v) is 4.38. The zero-order chi connectivity index (χ0) is 16.3. The summed E-state index contributed by atoms with van der Waals surface area (Å²) in [6.07, 6.45) is 3.73. The Labute approximate surface area is 147 Å². The second-order valence-corrected chi connectivity index (χ2v) is 6.53. The average molecular weight is 375 g/mol. The van der Waals surface area contributed by atoms with Crippen LogP contribution in [-0.2, 0) is 4.79 Å². The van der Waals surface area contributed by atoms with Crippen LogP contribution in [0.4, 0.5) is 0 Å². The Bertz CT molecular complexity index is 726. The Hall–Kier alpha value is -0.950. The number of esters is 1. The second kappa shape index (κ2) is 7.55. The maximum atomic E-state index is 11.4. The van der Waals surface area contributed by atoms with E-state index < -0.39 is 5.97 Å². The van der Waals surface area contributed by atoms with Gasteiger partial charge < -0.3 is 4.74 Å². The maximum absolute atomic E-state index is 11.4. The van der Waals surface area contributed by atoms with Crippen LogP contribution in [0.5, 0.6) is 5.75 Å². The molecule has 0 atom stereocenters. The molecule has 116 valence electrons. The molecular formula is C14H12Cl2N2O2S2. The topological polar surface area (TPSA) is 52.1 Å². The van der Waals surface area contributed by atoms with Crippen LogP contribution >= 0.6 is 46.7 Å². The van der Waals surface area contributed by atoms with Crippen LogP contribution in [0.2, 0.25) is 10.0 Å². The minimum atomic E-state index is -0.442. The molecule has 2 aromatic rings. The number of rotatable bonds is 4. The Kier molecular flexibility index (Phi) is 5.97. The highest BCUT2D eigenvalue weighted by molar-refractivity contribution is 7.99. The van der Waals surface area contributed by atoms with Gasteiger partial charge in [0.1, 0.15) is 10.7 Å². The monoisotopic (exact) mass is 374 g/mol. The largest absolute Gasteiger partial charge is 0.421 e. The Morgan fingerprint density at radius 1 is 1.18 bits per heavy atom. The zero-order valence-corrected chi connectivity index (χ0v) is 15.2. The van der Waals surface area contributed by atoms with Gasteiger partial charge in [-0.3, -0.25) is 4.79 Å². The van der Waals surface area contributed by atoms with Gasteiger partial charge in [-0.2, -0.15) is 0 Å². The fourth-order valence-electron chi connectivity index (χ4n) is 1.74. The van der Waals surface area contributed by atoms with Crippen LogP contribution in [0.25, 0.3) is 11.3 Å². The molecule has 0 aliphatic heterocycles. The van der Waals surface area contributed by atoms with E-state index in [4.69, 9.17) is 27.9 Å². The smallest absolute Gasteiger partial charge is 0.308 e. The number of carbonyl (C=O) groups is 1. The molecule has 0 fully saturated rings. The number of halogens is 2. The lowest BCUT2D eigenvalue weighted by atomic mass is 10.1. The van der Waals surface area contributed by atoms with E-state index in [0.29, 0.717) is 37.2 Å². The van der Waals surface area contributed by atoms with Crippen molar-refractivity contribution in [2.45, 2.75) is 17.1 Å². The lowest BCUT2D eigenvalue weighted by molar-refractivity contribution is -0.132. The zero-order valence-electron chi connectivity index (χ0n) is 12.0. The summed E-state index contributed by atoms with van der Waals surface area (Å²) >= 11 is 15.0. The molecule has 0 aliphatic carbocycles.